The lowest BCUT2D eigenvalue weighted by atomic mass is 10.0. The van der Waals surface area contributed by atoms with Gasteiger partial charge in [0.2, 0.25) is 5.91 Å². The van der Waals surface area contributed by atoms with Crippen LogP contribution in [0.3, 0.4) is 0 Å². The molecule has 0 spiro atoms. The van der Waals surface area contributed by atoms with Crippen molar-refractivity contribution in [3.05, 3.63) is 21.9 Å². The minimum Gasteiger partial charge on any atom is -0.473 e. The minimum absolute atomic E-state index is 0.110. The van der Waals surface area contributed by atoms with Crippen molar-refractivity contribution in [2.45, 2.75) is 33.2 Å². The van der Waals surface area contributed by atoms with Crippen molar-refractivity contribution in [1.82, 2.24) is 5.32 Å². The summed E-state index contributed by atoms with van der Waals surface area (Å²) in [5, 5.41) is 26.4. The Hall–Kier alpha value is -2.90. The maximum absolute atomic E-state index is 11.4. The lowest BCUT2D eigenvalue weighted by molar-refractivity contribution is -0.159. The van der Waals surface area contributed by atoms with E-state index in [9.17, 15) is 9.59 Å². The quantitative estimate of drug-likeness (QED) is 0.307. The Morgan fingerprint density at radius 3 is 2.25 bits per heavy atom. The maximum atomic E-state index is 11.4. The van der Waals surface area contributed by atoms with E-state index in [1.807, 2.05) is 19.1 Å². The zero-order valence-electron chi connectivity index (χ0n) is 15.7. The number of hydrogen-bond donors (Lipinski definition) is 4. The number of aliphatic carboxylic acids is 2. The Bertz CT molecular complexity index is 734. The lowest BCUT2D eigenvalue weighted by Gasteiger charge is -2.20. The second kappa shape index (κ2) is 13.3. The van der Waals surface area contributed by atoms with E-state index < -0.39 is 11.9 Å². The fraction of sp³-hybridized carbons (Fsp3) is 0.444. The van der Waals surface area contributed by atoms with Crippen LogP contribution in [0.2, 0.25) is 0 Å². The molecule has 1 amide bonds. The van der Waals surface area contributed by atoms with Gasteiger partial charge in [-0.1, -0.05) is 18.8 Å². The van der Waals surface area contributed by atoms with Crippen LogP contribution in [0.4, 0.5) is 0 Å². The average molecular weight is 413 g/mol. The topological polar surface area (TPSA) is 150 Å². The van der Waals surface area contributed by atoms with Crippen molar-refractivity contribution in [3.8, 4) is 11.8 Å². The molecule has 0 saturated heterocycles. The molecule has 0 radical (unpaired) electrons. The van der Waals surface area contributed by atoms with Crippen LogP contribution in [0.25, 0.3) is 0 Å². The summed E-state index contributed by atoms with van der Waals surface area (Å²) in [4.78, 5) is 42.3. The number of nitrogens with one attached hydrogen (secondary N) is 1. The second-order valence-electron chi connectivity index (χ2n) is 5.67. The fourth-order valence-corrected chi connectivity index (χ4v) is 2.90. The fourth-order valence-electron chi connectivity index (χ4n) is 1.96. The Morgan fingerprint density at radius 2 is 1.79 bits per heavy atom. The second-order valence-corrected chi connectivity index (χ2v) is 6.78. The number of hydrogen-bond acceptors (Lipinski definition) is 7. The Balaban J connectivity index is 0.00000105. The van der Waals surface area contributed by atoms with E-state index in [1.165, 1.54) is 25.2 Å². The van der Waals surface area contributed by atoms with Gasteiger partial charge in [0.1, 0.15) is 6.61 Å². The molecular formula is C18H23NO8S. The molecule has 0 aliphatic heterocycles. The number of carbonyl (C=O) groups is 4. The van der Waals surface area contributed by atoms with Crippen LogP contribution < -0.4 is 5.32 Å². The first-order valence-corrected chi connectivity index (χ1v) is 8.94. The van der Waals surface area contributed by atoms with E-state index in [0.29, 0.717) is 13.0 Å². The molecule has 9 nitrogen and oxygen atoms in total. The van der Waals surface area contributed by atoms with Gasteiger partial charge in [0.05, 0.1) is 17.5 Å². The number of rotatable bonds is 6. The van der Waals surface area contributed by atoms with Gasteiger partial charge < -0.3 is 25.4 Å². The Kier molecular flexibility index (Phi) is 11.9. The maximum Gasteiger partial charge on any atom is 0.414 e. The van der Waals surface area contributed by atoms with Crippen molar-refractivity contribution >= 4 is 35.2 Å². The van der Waals surface area contributed by atoms with E-state index in [0.717, 1.165) is 9.75 Å². The average Bonchev–Trinajstić information content (AvgIpc) is 3.06. The largest absolute Gasteiger partial charge is 0.473 e. The van der Waals surface area contributed by atoms with Gasteiger partial charge in [-0.15, -0.1) is 11.3 Å². The molecule has 0 aliphatic carbocycles. The summed E-state index contributed by atoms with van der Waals surface area (Å²) in [6.07, 6.45) is 0.667. The van der Waals surface area contributed by atoms with Crippen LogP contribution >= 0.6 is 11.3 Å². The first kappa shape index (κ1) is 25.1. The predicted molar refractivity (Wildman–Crippen MR) is 101 cm³/mol. The number of ether oxygens (including phenoxy) is 1. The highest BCUT2D eigenvalue weighted by molar-refractivity contribution is 7.12. The van der Waals surface area contributed by atoms with Crippen molar-refractivity contribution in [1.29, 1.82) is 0 Å². The number of amides is 1. The molecule has 1 unspecified atom stereocenters. The molecule has 4 N–H and O–H groups in total. The number of carboxylic acids is 2. The number of carboxylic acid groups (broad SMARTS) is 2. The molecule has 1 heterocycles. The molecule has 2 atom stereocenters. The van der Waals surface area contributed by atoms with Gasteiger partial charge in [-0.3, -0.25) is 9.59 Å². The zero-order valence-corrected chi connectivity index (χ0v) is 16.5. The number of aliphatic hydroxyl groups is 1. The first-order valence-electron chi connectivity index (χ1n) is 8.12. The van der Waals surface area contributed by atoms with Gasteiger partial charge >= 0.3 is 17.9 Å². The van der Waals surface area contributed by atoms with Crippen molar-refractivity contribution in [2.75, 3.05) is 13.2 Å². The minimum atomic E-state index is -1.82. The SMILES string of the molecule is CC(=O)NC(C[C@@H](C)COC(C)=O)c1ccc(C#CCO)s1.O=C(O)C(=O)O. The summed E-state index contributed by atoms with van der Waals surface area (Å²) in [7, 11) is 0. The molecule has 1 aromatic rings. The van der Waals surface area contributed by atoms with Gasteiger partial charge in [0, 0.05) is 18.7 Å². The van der Waals surface area contributed by atoms with Crippen LogP contribution in [0.15, 0.2) is 12.1 Å². The molecule has 28 heavy (non-hydrogen) atoms. The summed E-state index contributed by atoms with van der Waals surface area (Å²) < 4.78 is 5.01. The number of esters is 1. The number of carbonyl (C=O) groups excluding carboxylic acids is 2. The Labute approximate surface area is 166 Å². The molecule has 0 aromatic carbocycles. The summed E-state index contributed by atoms with van der Waals surface area (Å²) >= 11 is 1.48. The van der Waals surface area contributed by atoms with Crippen LogP contribution in [0.1, 0.15) is 43.0 Å². The van der Waals surface area contributed by atoms with Crippen molar-refractivity contribution in [3.63, 3.8) is 0 Å². The summed E-state index contributed by atoms with van der Waals surface area (Å²) in [6.45, 7) is 4.97. The van der Waals surface area contributed by atoms with Crippen LogP contribution in [0.5, 0.6) is 0 Å². The summed E-state index contributed by atoms with van der Waals surface area (Å²) in [6, 6.07) is 3.65. The lowest BCUT2D eigenvalue weighted by Crippen LogP contribution is -2.27. The number of thiophene rings is 1. The first-order chi connectivity index (χ1) is 13.1. The summed E-state index contributed by atoms with van der Waals surface area (Å²) in [5.74, 6) is 1.51. The van der Waals surface area contributed by atoms with Gasteiger partial charge in [-0.2, -0.15) is 0 Å². The molecule has 154 valence electrons. The van der Waals surface area contributed by atoms with E-state index >= 15 is 0 Å². The molecular weight excluding hydrogens is 390 g/mol. The molecule has 1 aromatic heterocycles. The molecule has 0 saturated carbocycles. The molecule has 1 rings (SSSR count). The highest BCUT2D eigenvalue weighted by atomic mass is 32.1. The highest BCUT2D eigenvalue weighted by Gasteiger charge is 2.19. The van der Waals surface area contributed by atoms with Crippen molar-refractivity contribution in [2.24, 2.45) is 5.92 Å². The van der Waals surface area contributed by atoms with Crippen LogP contribution in [0, 0.1) is 17.8 Å². The third-order valence-corrected chi connectivity index (χ3v) is 4.14. The molecule has 10 heteroatoms. The van der Waals surface area contributed by atoms with Gasteiger partial charge in [-0.25, -0.2) is 9.59 Å². The smallest absolute Gasteiger partial charge is 0.414 e. The normalized spacial score (nSPS) is 11.6. The Morgan fingerprint density at radius 1 is 1.18 bits per heavy atom. The van der Waals surface area contributed by atoms with Crippen LogP contribution in [-0.4, -0.2) is 52.3 Å². The van der Waals surface area contributed by atoms with Crippen LogP contribution in [-0.2, 0) is 23.9 Å². The molecule has 0 aliphatic rings. The summed E-state index contributed by atoms with van der Waals surface area (Å²) in [5.41, 5.74) is 0. The van der Waals surface area contributed by atoms with E-state index in [2.05, 4.69) is 17.2 Å². The number of aliphatic hydroxyl groups excluding tert-OH is 1. The van der Waals surface area contributed by atoms with E-state index in [1.54, 1.807) is 0 Å². The molecule has 0 fully saturated rings. The molecule has 0 bridgehead atoms. The highest BCUT2D eigenvalue weighted by Crippen LogP contribution is 2.28. The third-order valence-electron chi connectivity index (χ3n) is 3.03. The van der Waals surface area contributed by atoms with Gasteiger partial charge in [0.15, 0.2) is 0 Å². The predicted octanol–water partition coefficient (Wildman–Crippen LogP) is 1.01. The monoisotopic (exact) mass is 413 g/mol. The zero-order chi connectivity index (χ0) is 21.7. The van der Waals surface area contributed by atoms with E-state index in [-0.39, 0.29) is 30.4 Å². The van der Waals surface area contributed by atoms with Gasteiger partial charge in [0.25, 0.3) is 0 Å². The standard InChI is InChI=1S/C16H21NO4S.C2H2O4/c1-11(10-21-13(3)20)9-15(17-12(2)19)16-7-6-14(22-16)5-4-8-18;3-1(4)2(5)6/h6-7,11,15,18H,8-10H2,1-3H3,(H,17,19);(H,3,4)(H,5,6)/t11-,15?;/m1./s1. The van der Waals surface area contributed by atoms with Crippen molar-refractivity contribution < 1.29 is 39.2 Å². The van der Waals surface area contributed by atoms with Gasteiger partial charge in [-0.05, 0) is 24.5 Å². The van der Waals surface area contributed by atoms with E-state index in [4.69, 9.17) is 29.6 Å². The third kappa shape index (κ3) is 11.7.